The van der Waals surface area contributed by atoms with Crippen molar-refractivity contribution in [3.63, 3.8) is 0 Å². The quantitative estimate of drug-likeness (QED) is 0.635. The summed E-state index contributed by atoms with van der Waals surface area (Å²) in [6.07, 6.45) is 1.00. The van der Waals surface area contributed by atoms with Gasteiger partial charge in [0.2, 0.25) is 0 Å². The number of rotatable bonds is 2. The molecule has 96 valence electrons. The molecule has 3 heterocycles. The van der Waals surface area contributed by atoms with Crippen molar-refractivity contribution < 1.29 is 20.1 Å². The molecule has 7 nitrogen and oxygen atoms in total. The van der Waals surface area contributed by atoms with Gasteiger partial charge in [0.25, 0.3) is 0 Å². The zero-order chi connectivity index (χ0) is 12.7. The number of hydrogen-bond donors (Lipinski definition) is 3. The molecular formula is C11H13N3O4. The number of aromatic nitrogens is 3. The number of fused-ring (bicyclic) bond motifs is 1. The van der Waals surface area contributed by atoms with Crippen molar-refractivity contribution in [2.75, 3.05) is 6.61 Å². The second-order valence-electron chi connectivity index (χ2n) is 4.25. The SMILES string of the molecule is OC[C@H]1OC(n2ccc3cncnc32)[C@@H](O)[C@@H]1O. The fourth-order valence-corrected chi connectivity index (χ4v) is 2.21. The highest BCUT2D eigenvalue weighted by molar-refractivity contribution is 5.74. The molecule has 0 aliphatic carbocycles. The number of nitrogens with zero attached hydrogens (tertiary/aromatic N) is 3. The Balaban J connectivity index is 2.00. The van der Waals surface area contributed by atoms with Crippen molar-refractivity contribution in [3.05, 3.63) is 24.8 Å². The van der Waals surface area contributed by atoms with E-state index >= 15 is 0 Å². The largest absolute Gasteiger partial charge is 0.394 e. The zero-order valence-electron chi connectivity index (χ0n) is 9.42. The molecule has 0 radical (unpaired) electrons. The van der Waals surface area contributed by atoms with Gasteiger partial charge in [-0.3, -0.25) is 0 Å². The second-order valence-corrected chi connectivity index (χ2v) is 4.25. The molecule has 1 saturated heterocycles. The van der Waals surface area contributed by atoms with Gasteiger partial charge < -0.3 is 24.6 Å². The smallest absolute Gasteiger partial charge is 0.164 e. The normalized spacial score (nSPS) is 32.2. The van der Waals surface area contributed by atoms with Crippen molar-refractivity contribution in [3.8, 4) is 0 Å². The van der Waals surface area contributed by atoms with Crippen LogP contribution in [-0.2, 0) is 4.74 Å². The Morgan fingerprint density at radius 3 is 2.89 bits per heavy atom. The van der Waals surface area contributed by atoms with Gasteiger partial charge in [0.15, 0.2) is 6.23 Å². The van der Waals surface area contributed by atoms with Gasteiger partial charge >= 0.3 is 0 Å². The van der Waals surface area contributed by atoms with Gasteiger partial charge in [0.05, 0.1) is 6.61 Å². The van der Waals surface area contributed by atoms with Crippen LogP contribution in [0.5, 0.6) is 0 Å². The first-order chi connectivity index (χ1) is 8.72. The van der Waals surface area contributed by atoms with Gasteiger partial charge in [-0.1, -0.05) is 0 Å². The van der Waals surface area contributed by atoms with Crippen LogP contribution in [0.3, 0.4) is 0 Å². The number of aliphatic hydroxyl groups excluding tert-OH is 3. The molecule has 2 aromatic rings. The van der Waals surface area contributed by atoms with Crippen LogP contribution >= 0.6 is 0 Å². The minimum atomic E-state index is -1.11. The maximum absolute atomic E-state index is 9.94. The lowest BCUT2D eigenvalue weighted by molar-refractivity contribution is -0.0508. The molecule has 3 N–H and O–H groups in total. The summed E-state index contributed by atoms with van der Waals surface area (Å²) in [6.45, 7) is -0.344. The summed E-state index contributed by atoms with van der Waals surface area (Å²) in [5.41, 5.74) is 0.611. The Kier molecular flexibility index (Phi) is 2.75. The molecule has 0 spiro atoms. The molecule has 1 aliphatic heterocycles. The maximum atomic E-state index is 9.94. The summed E-state index contributed by atoms with van der Waals surface area (Å²) in [4.78, 5) is 8.01. The van der Waals surface area contributed by atoms with E-state index in [9.17, 15) is 10.2 Å². The van der Waals surface area contributed by atoms with Crippen LogP contribution in [0.25, 0.3) is 11.0 Å². The molecule has 1 aliphatic rings. The van der Waals surface area contributed by atoms with E-state index in [0.717, 1.165) is 5.39 Å². The molecule has 3 rings (SSSR count). The summed E-state index contributed by atoms with van der Waals surface area (Å²) in [7, 11) is 0. The summed E-state index contributed by atoms with van der Waals surface area (Å²) >= 11 is 0. The molecule has 1 fully saturated rings. The highest BCUT2D eigenvalue weighted by atomic mass is 16.6. The first-order valence-electron chi connectivity index (χ1n) is 5.61. The van der Waals surface area contributed by atoms with E-state index in [1.807, 2.05) is 0 Å². The average Bonchev–Trinajstić information content (AvgIpc) is 2.93. The Bertz CT molecular complexity index is 558. The molecule has 18 heavy (non-hydrogen) atoms. The summed E-state index contributed by atoms with van der Waals surface area (Å²) < 4.78 is 7.07. The van der Waals surface area contributed by atoms with E-state index in [4.69, 9.17) is 9.84 Å². The van der Waals surface area contributed by atoms with E-state index in [-0.39, 0.29) is 6.61 Å². The van der Waals surface area contributed by atoms with Crippen molar-refractivity contribution >= 4 is 11.0 Å². The fourth-order valence-electron chi connectivity index (χ4n) is 2.21. The highest BCUT2D eigenvalue weighted by Gasteiger charge is 2.43. The summed E-state index contributed by atoms with van der Waals surface area (Å²) in [5, 5.41) is 29.5. The zero-order valence-corrected chi connectivity index (χ0v) is 9.42. The molecule has 0 aromatic carbocycles. The van der Waals surface area contributed by atoms with Gasteiger partial charge in [0.1, 0.15) is 30.3 Å². The lowest BCUT2D eigenvalue weighted by Crippen LogP contribution is -2.33. The standard InChI is InChI=1S/C11H13N3O4/c15-4-7-8(16)9(17)11(18-7)14-2-1-6-3-12-5-13-10(6)14/h1-3,5,7-9,11,15-17H,4H2/t7-,8-,9+,11?/m1/s1. The van der Waals surface area contributed by atoms with Crippen LogP contribution < -0.4 is 0 Å². The van der Waals surface area contributed by atoms with Gasteiger partial charge in [-0.2, -0.15) is 0 Å². The van der Waals surface area contributed by atoms with Gasteiger partial charge in [0, 0.05) is 17.8 Å². The van der Waals surface area contributed by atoms with Gasteiger partial charge in [-0.15, -0.1) is 0 Å². The number of ether oxygens (including phenoxy) is 1. The molecule has 7 heteroatoms. The van der Waals surface area contributed by atoms with E-state index in [1.54, 1.807) is 23.0 Å². The topological polar surface area (TPSA) is 101 Å². The molecule has 4 atom stereocenters. The summed E-state index contributed by atoms with van der Waals surface area (Å²) in [5.74, 6) is 0. The minimum Gasteiger partial charge on any atom is -0.394 e. The summed E-state index contributed by atoms with van der Waals surface area (Å²) in [6, 6.07) is 1.80. The van der Waals surface area contributed by atoms with E-state index in [0.29, 0.717) is 5.65 Å². The molecular weight excluding hydrogens is 238 g/mol. The highest BCUT2D eigenvalue weighted by Crippen LogP contribution is 2.31. The maximum Gasteiger partial charge on any atom is 0.164 e. The Hall–Kier alpha value is -1.54. The third kappa shape index (κ3) is 1.60. The molecule has 0 bridgehead atoms. The van der Waals surface area contributed by atoms with Crippen LogP contribution in [-0.4, -0.2) is 54.8 Å². The van der Waals surface area contributed by atoms with Crippen LogP contribution in [0.1, 0.15) is 6.23 Å². The van der Waals surface area contributed by atoms with Crippen molar-refractivity contribution in [2.45, 2.75) is 24.5 Å². The third-order valence-corrected chi connectivity index (χ3v) is 3.17. The van der Waals surface area contributed by atoms with Crippen LogP contribution in [0, 0.1) is 0 Å². The van der Waals surface area contributed by atoms with Gasteiger partial charge in [-0.25, -0.2) is 9.97 Å². The van der Waals surface area contributed by atoms with Crippen LogP contribution in [0.15, 0.2) is 24.8 Å². The first-order valence-corrected chi connectivity index (χ1v) is 5.61. The number of aliphatic hydroxyl groups is 3. The molecule has 1 unspecified atom stereocenters. The van der Waals surface area contributed by atoms with Gasteiger partial charge in [-0.05, 0) is 6.07 Å². The predicted octanol–water partition coefficient (Wildman–Crippen LogP) is -0.957. The van der Waals surface area contributed by atoms with Crippen LogP contribution in [0.4, 0.5) is 0 Å². The Morgan fingerprint density at radius 1 is 1.33 bits per heavy atom. The van der Waals surface area contributed by atoms with Crippen molar-refractivity contribution in [2.24, 2.45) is 0 Å². The third-order valence-electron chi connectivity index (χ3n) is 3.17. The van der Waals surface area contributed by atoms with Crippen molar-refractivity contribution in [1.29, 1.82) is 0 Å². The average molecular weight is 251 g/mol. The minimum absolute atomic E-state index is 0.344. The molecule has 2 aromatic heterocycles. The lowest BCUT2D eigenvalue weighted by atomic mass is 10.1. The molecule has 0 saturated carbocycles. The lowest BCUT2D eigenvalue weighted by Gasteiger charge is -2.17. The predicted molar refractivity (Wildman–Crippen MR) is 60.5 cm³/mol. The monoisotopic (exact) mass is 251 g/mol. The van der Waals surface area contributed by atoms with E-state index < -0.39 is 24.5 Å². The first kappa shape index (κ1) is 11.5. The molecule has 0 amide bonds. The Morgan fingerprint density at radius 2 is 2.17 bits per heavy atom. The fraction of sp³-hybridized carbons (Fsp3) is 0.455. The van der Waals surface area contributed by atoms with E-state index in [1.165, 1.54) is 6.33 Å². The van der Waals surface area contributed by atoms with Crippen molar-refractivity contribution in [1.82, 2.24) is 14.5 Å². The Labute approximate surface area is 102 Å². The second kappa shape index (κ2) is 4.29. The van der Waals surface area contributed by atoms with E-state index in [2.05, 4.69) is 9.97 Å². The van der Waals surface area contributed by atoms with Crippen LogP contribution in [0.2, 0.25) is 0 Å². The number of hydrogen-bond acceptors (Lipinski definition) is 6.